The predicted molar refractivity (Wildman–Crippen MR) is 101 cm³/mol. The number of likely N-dealkylation sites (tertiary alicyclic amines) is 1. The zero-order chi connectivity index (χ0) is 20.4. The van der Waals surface area contributed by atoms with E-state index in [9.17, 15) is 19.4 Å². The van der Waals surface area contributed by atoms with Crippen LogP contribution in [0.25, 0.3) is 11.3 Å². The van der Waals surface area contributed by atoms with E-state index in [-0.39, 0.29) is 36.5 Å². The van der Waals surface area contributed by atoms with Crippen molar-refractivity contribution in [3.05, 3.63) is 41.9 Å². The first-order valence-corrected chi connectivity index (χ1v) is 9.73. The van der Waals surface area contributed by atoms with Crippen molar-refractivity contribution in [3.63, 3.8) is 0 Å². The molecular weight excluding hydrogens is 381 g/mol. The molecule has 8 nitrogen and oxygen atoms in total. The fraction of sp³-hybridized carbons (Fsp3) is 0.500. The number of ether oxygens (including phenoxy) is 1. The molecule has 9 heteroatoms. The van der Waals surface area contributed by atoms with Gasteiger partial charge in [0, 0.05) is 37.8 Å². The van der Waals surface area contributed by atoms with Crippen molar-refractivity contribution in [2.75, 3.05) is 39.4 Å². The van der Waals surface area contributed by atoms with Crippen molar-refractivity contribution in [1.29, 1.82) is 0 Å². The molecule has 2 fully saturated rings. The molecule has 2 saturated heterocycles. The van der Waals surface area contributed by atoms with E-state index in [1.165, 1.54) is 12.1 Å². The maximum atomic E-state index is 14.0. The minimum absolute atomic E-state index is 0.00476. The number of aliphatic hydroxyl groups excluding tert-OH is 2. The molecule has 1 aromatic heterocycles. The van der Waals surface area contributed by atoms with Gasteiger partial charge in [0.15, 0.2) is 0 Å². The quantitative estimate of drug-likeness (QED) is 0.777. The van der Waals surface area contributed by atoms with Gasteiger partial charge in [-0.1, -0.05) is 17.3 Å². The van der Waals surface area contributed by atoms with Gasteiger partial charge in [-0.25, -0.2) is 4.39 Å². The zero-order valence-electron chi connectivity index (χ0n) is 15.9. The highest BCUT2D eigenvalue weighted by Crippen LogP contribution is 2.24. The van der Waals surface area contributed by atoms with Crippen LogP contribution in [0.4, 0.5) is 4.39 Å². The van der Waals surface area contributed by atoms with Crippen LogP contribution in [-0.2, 0) is 4.74 Å². The molecule has 0 radical (unpaired) electrons. The van der Waals surface area contributed by atoms with Crippen LogP contribution in [0.2, 0.25) is 0 Å². The first-order chi connectivity index (χ1) is 14.0. The van der Waals surface area contributed by atoms with Crippen LogP contribution in [0.1, 0.15) is 17.0 Å². The average molecular weight is 405 g/mol. The van der Waals surface area contributed by atoms with Gasteiger partial charge in [-0.2, -0.15) is 0 Å². The number of carbonyl (C=O) groups excluding carboxylic acids is 1. The van der Waals surface area contributed by atoms with Crippen molar-refractivity contribution in [2.45, 2.75) is 24.7 Å². The van der Waals surface area contributed by atoms with Crippen LogP contribution < -0.4 is 0 Å². The second kappa shape index (κ2) is 8.58. The highest BCUT2D eigenvalue weighted by Gasteiger charge is 2.38. The van der Waals surface area contributed by atoms with Gasteiger partial charge in [-0.15, -0.1) is 0 Å². The number of amides is 1. The molecule has 2 aliphatic heterocycles. The standard InChI is InChI=1S/C20H24FN3O5/c21-14-4-2-1-3-13(14)15-11-18(29-22-15)20(27)24-6-5-17(25)19(26)16(12-24)23-7-9-28-10-8-23/h1-4,11,16-17,19,25-26H,5-10,12H2/t16-,17-,19+/m1/s1. The third-order valence-electron chi connectivity index (χ3n) is 5.56. The zero-order valence-corrected chi connectivity index (χ0v) is 15.9. The molecule has 0 unspecified atom stereocenters. The molecule has 1 amide bonds. The Balaban J connectivity index is 1.54. The van der Waals surface area contributed by atoms with E-state index in [4.69, 9.17) is 9.26 Å². The van der Waals surface area contributed by atoms with Gasteiger partial charge in [0.1, 0.15) is 11.5 Å². The molecule has 0 saturated carbocycles. The molecule has 3 heterocycles. The normalized spacial score (nSPS) is 26.3. The van der Waals surface area contributed by atoms with Gasteiger partial charge >= 0.3 is 0 Å². The van der Waals surface area contributed by atoms with Gasteiger partial charge in [-0.05, 0) is 18.6 Å². The van der Waals surface area contributed by atoms with E-state index in [1.807, 2.05) is 4.90 Å². The summed E-state index contributed by atoms with van der Waals surface area (Å²) in [5.41, 5.74) is 0.495. The average Bonchev–Trinajstić information content (AvgIpc) is 3.18. The fourth-order valence-electron chi connectivity index (χ4n) is 3.89. The Labute approximate surface area is 167 Å². The maximum Gasteiger partial charge on any atom is 0.292 e. The number of rotatable bonds is 3. The molecule has 2 aliphatic rings. The predicted octanol–water partition coefficient (Wildman–Crippen LogP) is 0.749. The van der Waals surface area contributed by atoms with Crippen molar-refractivity contribution >= 4 is 5.91 Å². The number of benzene rings is 1. The monoisotopic (exact) mass is 405 g/mol. The summed E-state index contributed by atoms with van der Waals surface area (Å²) in [6.45, 7) is 2.84. The first kappa shape index (κ1) is 20.0. The third kappa shape index (κ3) is 4.18. The summed E-state index contributed by atoms with van der Waals surface area (Å²) in [5.74, 6) is -0.859. The minimum Gasteiger partial charge on any atom is -0.390 e. The molecule has 156 valence electrons. The number of hydrogen-bond donors (Lipinski definition) is 2. The Bertz CT molecular complexity index is 854. The summed E-state index contributed by atoms with van der Waals surface area (Å²) in [6, 6.07) is 7.14. The molecule has 2 aromatic rings. The molecule has 4 rings (SSSR count). The Morgan fingerprint density at radius 3 is 2.69 bits per heavy atom. The lowest BCUT2D eigenvalue weighted by molar-refractivity contribution is -0.0610. The molecule has 3 atom stereocenters. The van der Waals surface area contributed by atoms with Crippen LogP contribution in [0.5, 0.6) is 0 Å². The Kier molecular flexibility index (Phi) is 5.91. The lowest BCUT2D eigenvalue weighted by Crippen LogP contribution is -2.55. The highest BCUT2D eigenvalue weighted by molar-refractivity contribution is 5.92. The van der Waals surface area contributed by atoms with E-state index >= 15 is 0 Å². The summed E-state index contributed by atoms with van der Waals surface area (Å²) in [6.07, 6.45) is -1.64. The van der Waals surface area contributed by atoms with E-state index in [1.54, 1.807) is 23.1 Å². The highest BCUT2D eigenvalue weighted by atomic mass is 19.1. The maximum absolute atomic E-state index is 14.0. The summed E-state index contributed by atoms with van der Waals surface area (Å²) in [4.78, 5) is 16.6. The van der Waals surface area contributed by atoms with Crippen LogP contribution in [0.15, 0.2) is 34.9 Å². The molecule has 2 N–H and O–H groups in total. The van der Waals surface area contributed by atoms with Crippen molar-refractivity contribution in [2.24, 2.45) is 0 Å². The van der Waals surface area contributed by atoms with Crippen molar-refractivity contribution < 1.29 is 28.7 Å². The first-order valence-electron chi connectivity index (χ1n) is 9.73. The van der Waals surface area contributed by atoms with Crippen LogP contribution in [0.3, 0.4) is 0 Å². The summed E-state index contributed by atoms with van der Waals surface area (Å²) >= 11 is 0. The molecule has 1 aromatic carbocycles. The number of nitrogens with zero attached hydrogens (tertiary/aromatic N) is 3. The van der Waals surface area contributed by atoms with Gasteiger partial charge in [0.05, 0.1) is 31.5 Å². The van der Waals surface area contributed by atoms with Gasteiger partial charge in [0.25, 0.3) is 5.91 Å². The lowest BCUT2D eigenvalue weighted by atomic mass is 10.0. The van der Waals surface area contributed by atoms with E-state index in [2.05, 4.69) is 5.16 Å². The van der Waals surface area contributed by atoms with Crippen LogP contribution >= 0.6 is 0 Å². The van der Waals surface area contributed by atoms with Crippen LogP contribution in [0, 0.1) is 5.82 Å². The summed E-state index contributed by atoms with van der Waals surface area (Å²) < 4.78 is 24.5. The van der Waals surface area contributed by atoms with Gasteiger partial charge < -0.3 is 24.4 Å². The van der Waals surface area contributed by atoms with Gasteiger partial charge in [-0.3, -0.25) is 9.69 Å². The third-order valence-corrected chi connectivity index (χ3v) is 5.56. The number of morpholine rings is 1. The van der Waals surface area contributed by atoms with Crippen molar-refractivity contribution in [1.82, 2.24) is 15.0 Å². The topological polar surface area (TPSA) is 99.3 Å². The van der Waals surface area contributed by atoms with E-state index < -0.39 is 30.0 Å². The van der Waals surface area contributed by atoms with Crippen molar-refractivity contribution in [3.8, 4) is 11.3 Å². The van der Waals surface area contributed by atoms with E-state index in [0.717, 1.165) is 0 Å². The number of aromatic nitrogens is 1. The van der Waals surface area contributed by atoms with Crippen LogP contribution in [-0.4, -0.2) is 88.7 Å². The number of hydrogen-bond acceptors (Lipinski definition) is 7. The Hall–Kier alpha value is -2.33. The summed E-state index contributed by atoms with van der Waals surface area (Å²) in [7, 11) is 0. The Morgan fingerprint density at radius 1 is 1.17 bits per heavy atom. The number of halogens is 1. The number of aliphatic hydroxyl groups is 2. The van der Waals surface area contributed by atoms with E-state index in [0.29, 0.717) is 26.3 Å². The second-order valence-electron chi connectivity index (χ2n) is 7.37. The largest absolute Gasteiger partial charge is 0.390 e. The molecule has 0 bridgehead atoms. The second-order valence-corrected chi connectivity index (χ2v) is 7.37. The summed E-state index contributed by atoms with van der Waals surface area (Å²) in [5, 5.41) is 24.7. The molecule has 0 spiro atoms. The van der Waals surface area contributed by atoms with Gasteiger partial charge in [0.2, 0.25) is 5.76 Å². The SMILES string of the molecule is O=C(c1cc(-c2ccccc2F)no1)N1CC[C@@H](O)[C@@H](O)[C@H](N2CCOCC2)C1. The minimum atomic E-state index is -0.963. The number of carbonyl (C=O) groups is 1. The fourth-order valence-corrected chi connectivity index (χ4v) is 3.89. The molecular formula is C20H24FN3O5. The lowest BCUT2D eigenvalue weighted by Gasteiger charge is -2.38. The molecule has 29 heavy (non-hydrogen) atoms. The smallest absolute Gasteiger partial charge is 0.292 e. The molecule has 0 aliphatic carbocycles. The Morgan fingerprint density at radius 2 is 1.93 bits per heavy atom.